The summed E-state index contributed by atoms with van der Waals surface area (Å²) in [5.41, 5.74) is -0.307. The van der Waals surface area contributed by atoms with Gasteiger partial charge in [0, 0.05) is 17.3 Å². The van der Waals surface area contributed by atoms with Gasteiger partial charge in [-0.05, 0) is 30.8 Å². The van der Waals surface area contributed by atoms with Crippen molar-refractivity contribution in [2.75, 3.05) is 7.05 Å². The number of nitriles is 1. The highest BCUT2D eigenvalue weighted by Gasteiger charge is 2.32. The fourth-order valence-electron chi connectivity index (χ4n) is 1.84. The lowest BCUT2D eigenvalue weighted by atomic mass is 10.1. The lowest BCUT2D eigenvalue weighted by Crippen LogP contribution is -2.41. The Morgan fingerprint density at radius 2 is 1.67 bits per heavy atom. The molecule has 1 heterocycles. The minimum absolute atomic E-state index is 0.0582. The van der Waals surface area contributed by atoms with E-state index in [1.165, 1.54) is 18.6 Å². The molecule has 0 radical (unpaired) electrons. The molecule has 1 aromatic carbocycles. The van der Waals surface area contributed by atoms with Gasteiger partial charge in [0.15, 0.2) is 0 Å². The van der Waals surface area contributed by atoms with E-state index >= 15 is 0 Å². The van der Waals surface area contributed by atoms with Crippen LogP contribution in [0.5, 0.6) is 0 Å². The van der Waals surface area contributed by atoms with Crippen LogP contribution in [0.15, 0.2) is 47.6 Å². The quantitative estimate of drug-likeness (QED) is 0.307. The first-order valence-corrected chi connectivity index (χ1v) is 7.64. The molecule has 1 unspecified atom stereocenters. The van der Waals surface area contributed by atoms with Crippen molar-refractivity contribution in [1.82, 2.24) is 15.6 Å². The minimum Gasteiger partial charge on any atom is -0.301 e. The van der Waals surface area contributed by atoms with Crippen molar-refractivity contribution in [3.05, 3.63) is 59.4 Å². The molecule has 2 rings (SSSR count). The summed E-state index contributed by atoms with van der Waals surface area (Å²) in [6.45, 7) is 0. The first-order chi connectivity index (χ1) is 12.5. The van der Waals surface area contributed by atoms with E-state index in [9.17, 15) is 26.3 Å². The Balaban J connectivity index is 0.000000337. The third kappa shape index (κ3) is 8.29. The number of rotatable bonds is 3. The van der Waals surface area contributed by atoms with Gasteiger partial charge in [-0.1, -0.05) is 12.1 Å². The zero-order valence-electron chi connectivity index (χ0n) is 13.7. The van der Waals surface area contributed by atoms with Crippen molar-refractivity contribution in [2.24, 2.45) is 0 Å². The van der Waals surface area contributed by atoms with Crippen LogP contribution in [0.3, 0.4) is 0 Å². The van der Waals surface area contributed by atoms with E-state index < -0.39 is 24.2 Å². The fourth-order valence-corrected chi connectivity index (χ4v) is 2.05. The van der Waals surface area contributed by atoms with E-state index in [2.05, 4.69) is 22.9 Å². The average Bonchev–Trinajstić information content (AvgIpc) is 2.59. The smallest absolute Gasteiger partial charge is 0.301 e. The molecule has 0 fully saturated rings. The van der Waals surface area contributed by atoms with Crippen molar-refractivity contribution in [2.45, 2.75) is 23.5 Å². The van der Waals surface area contributed by atoms with Gasteiger partial charge in [0.2, 0.25) is 0 Å². The maximum absolute atomic E-state index is 12.3. The van der Waals surface area contributed by atoms with Crippen LogP contribution in [0, 0.1) is 11.3 Å². The second kappa shape index (κ2) is 9.59. The zero-order chi connectivity index (χ0) is 20.7. The Kier molecular flexibility index (Phi) is 8.08. The van der Waals surface area contributed by atoms with Crippen molar-refractivity contribution in [1.29, 1.82) is 5.26 Å². The normalized spacial score (nSPS) is 12.6. The average molecular weight is 408 g/mol. The van der Waals surface area contributed by atoms with E-state index in [4.69, 9.17) is 5.26 Å². The standard InChI is InChI=1S/C10H10F6N2.C6H4N2S/c1-17-8(18-10(14,15)16)6-2-4-7(5-3-6)9(11,12)13;7-2-5-1-6(9)4-8-3-5/h2-5,8,17-18H,1H3;1,3-4,9H. The molecule has 0 aliphatic rings. The number of halogens is 6. The van der Waals surface area contributed by atoms with Crippen LogP contribution in [0.4, 0.5) is 26.3 Å². The zero-order valence-corrected chi connectivity index (χ0v) is 14.6. The molecule has 0 saturated carbocycles. The topological polar surface area (TPSA) is 60.7 Å². The number of benzene rings is 1. The van der Waals surface area contributed by atoms with Crippen molar-refractivity contribution >= 4 is 12.6 Å². The van der Waals surface area contributed by atoms with Crippen molar-refractivity contribution in [3.8, 4) is 6.07 Å². The van der Waals surface area contributed by atoms with Gasteiger partial charge in [-0.25, -0.2) is 5.32 Å². The van der Waals surface area contributed by atoms with Gasteiger partial charge in [-0.3, -0.25) is 4.98 Å². The number of nitrogens with one attached hydrogen (secondary N) is 2. The number of thiol groups is 1. The molecule has 0 aliphatic heterocycles. The predicted octanol–water partition coefficient (Wildman–Crippen LogP) is 4.27. The van der Waals surface area contributed by atoms with Crippen LogP contribution < -0.4 is 10.6 Å². The summed E-state index contributed by atoms with van der Waals surface area (Å²) in [7, 11) is 1.26. The first-order valence-electron chi connectivity index (χ1n) is 7.19. The largest absolute Gasteiger partial charge is 0.458 e. The molecular weight excluding hydrogens is 394 g/mol. The van der Waals surface area contributed by atoms with E-state index in [-0.39, 0.29) is 5.56 Å². The predicted molar refractivity (Wildman–Crippen MR) is 88.6 cm³/mol. The molecule has 0 aliphatic carbocycles. The highest BCUT2D eigenvalue weighted by molar-refractivity contribution is 7.80. The number of hydrogen-bond donors (Lipinski definition) is 3. The van der Waals surface area contributed by atoms with Crippen LogP contribution in [0.1, 0.15) is 22.9 Å². The highest BCUT2D eigenvalue weighted by Crippen LogP contribution is 2.30. The van der Waals surface area contributed by atoms with Crippen LogP contribution in [-0.4, -0.2) is 18.3 Å². The molecule has 4 nitrogen and oxygen atoms in total. The summed E-state index contributed by atoms with van der Waals surface area (Å²) in [4.78, 5) is 4.47. The molecule has 2 aromatic rings. The van der Waals surface area contributed by atoms with E-state index in [1.807, 2.05) is 6.07 Å². The highest BCUT2D eigenvalue weighted by atomic mass is 32.1. The van der Waals surface area contributed by atoms with Gasteiger partial charge in [0.25, 0.3) is 0 Å². The van der Waals surface area contributed by atoms with E-state index in [1.54, 1.807) is 12.3 Å². The summed E-state index contributed by atoms with van der Waals surface area (Å²) in [6, 6.07) is 7.06. The van der Waals surface area contributed by atoms with Gasteiger partial charge in [-0.15, -0.1) is 12.6 Å². The minimum atomic E-state index is -4.63. The van der Waals surface area contributed by atoms with Crippen LogP contribution in [0.2, 0.25) is 0 Å². The second-order valence-electron chi connectivity index (χ2n) is 5.03. The Bertz CT molecular complexity index is 768. The molecular formula is C16H14F6N4S. The third-order valence-corrected chi connectivity index (χ3v) is 3.27. The maximum Gasteiger partial charge on any atom is 0.458 e. The molecule has 146 valence electrons. The molecule has 11 heteroatoms. The SMILES string of the molecule is CNC(NC(F)(F)F)c1ccc(C(F)(F)F)cc1.N#Cc1cncc(S)c1. The fraction of sp³-hybridized carbons (Fsp3) is 0.250. The molecule has 0 bridgehead atoms. The van der Waals surface area contributed by atoms with Crippen LogP contribution >= 0.6 is 12.6 Å². The first kappa shape index (κ1) is 22.8. The number of aromatic nitrogens is 1. The van der Waals surface area contributed by atoms with E-state index in [0.717, 1.165) is 24.3 Å². The summed E-state index contributed by atoms with van der Waals surface area (Å²) in [6.07, 6.45) is -7.35. The van der Waals surface area contributed by atoms with Crippen molar-refractivity contribution < 1.29 is 26.3 Å². The molecule has 0 amide bonds. The number of pyridine rings is 1. The molecule has 27 heavy (non-hydrogen) atoms. The molecule has 0 spiro atoms. The van der Waals surface area contributed by atoms with Gasteiger partial charge in [0.05, 0.1) is 17.3 Å². The van der Waals surface area contributed by atoms with Crippen molar-refractivity contribution in [3.63, 3.8) is 0 Å². The van der Waals surface area contributed by atoms with Gasteiger partial charge < -0.3 is 5.32 Å². The van der Waals surface area contributed by atoms with Gasteiger partial charge in [0.1, 0.15) is 6.07 Å². The van der Waals surface area contributed by atoms with Crippen LogP contribution in [-0.2, 0) is 6.18 Å². The lowest BCUT2D eigenvalue weighted by Gasteiger charge is -2.20. The number of nitrogens with zero attached hydrogens (tertiary/aromatic N) is 2. The van der Waals surface area contributed by atoms with E-state index in [0.29, 0.717) is 10.5 Å². The summed E-state index contributed by atoms with van der Waals surface area (Å²) in [5.74, 6) is 0. The molecule has 2 N–H and O–H groups in total. The summed E-state index contributed by atoms with van der Waals surface area (Å²) >= 11 is 3.99. The van der Waals surface area contributed by atoms with Gasteiger partial charge in [-0.2, -0.15) is 31.6 Å². The van der Waals surface area contributed by atoms with Crippen LogP contribution in [0.25, 0.3) is 0 Å². The second-order valence-corrected chi connectivity index (χ2v) is 5.54. The number of hydrogen-bond acceptors (Lipinski definition) is 5. The molecule has 1 atom stereocenters. The third-order valence-electron chi connectivity index (χ3n) is 3.02. The monoisotopic (exact) mass is 408 g/mol. The Hall–Kier alpha value is -2.29. The Morgan fingerprint density at radius 1 is 1.07 bits per heavy atom. The lowest BCUT2D eigenvalue weighted by molar-refractivity contribution is -0.166. The maximum atomic E-state index is 12.3. The Morgan fingerprint density at radius 3 is 2.04 bits per heavy atom. The molecule has 1 aromatic heterocycles. The number of alkyl halides is 6. The Labute approximate surface area is 156 Å². The summed E-state index contributed by atoms with van der Waals surface area (Å²) < 4.78 is 73.1. The van der Waals surface area contributed by atoms with Gasteiger partial charge >= 0.3 is 12.5 Å². The summed E-state index contributed by atoms with van der Waals surface area (Å²) in [5, 5.41) is 11.9. The molecule has 0 saturated heterocycles.